The van der Waals surface area contributed by atoms with Crippen LogP contribution in [-0.2, 0) is 14.8 Å². The minimum Gasteiger partial charge on any atom is -0.356 e. The second kappa shape index (κ2) is 14.3. The minimum atomic E-state index is -3.87. The molecule has 0 spiro atoms. The Morgan fingerprint density at radius 1 is 0.974 bits per heavy atom. The summed E-state index contributed by atoms with van der Waals surface area (Å²) in [5.41, 5.74) is 1.37. The molecule has 6 nitrogen and oxygen atoms in total. The van der Waals surface area contributed by atoms with Crippen LogP contribution in [0.1, 0.15) is 56.6 Å². The minimum absolute atomic E-state index is 0.0110. The van der Waals surface area contributed by atoms with E-state index in [1.807, 2.05) is 0 Å². The molecule has 1 atom stereocenters. The van der Waals surface area contributed by atoms with Crippen molar-refractivity contribution in [2.75, 3.05) is 34.2 Å². The lowest BCUT2D eigenvalue weighted by Gasteiger charge is -2.37. The molecule has 0 aromatic heterocycles. The molecule has 0 bridgehead atoms. The number of carbonyl (C=O) groups excluding carboxylic acids is 1. The lowest BCUT2D eigenvalue weighted by atomic mass is 9.76. The quantitative estimate of drug-likeness (QED) is 0.276. The van der Waals surface area contributed by atoms with Crippen molar-refractivity contribution in [2.45, 2.75) is 55.9 Å². The normalized spacial score (nSPS) is 19.1. The molecular weight excluding hydrogens is 565 g/mol. The molecule has 210 valence electrons. The summed E-state index contributed by atoms with van der Waals surface area (Å²) in [7, 11) is 1.91. The number of hydrogen-bond acceptors (Lipinski definition) is 4. The van der Waals surface area contributed by atoms with Crippen LogP contribution in [0.25, 0.3) is 0 Å². The maximum atomic E-state index is 12.9. The second-order valence-corrected chi connectivity index (χ2v) is 13.6. The van der Waals surface area contributed by atoms with Gasteiger partial charge in [-0.05, 0) is 82.2 Å². The van der Waals surface area contributed by atoms with Crippen LogP contribution in [0.2, 0.25) is 15.1 Å². The molecule has 0 radical (unpaired) electrons. The van der Waals surface area contributed by atoms with Crippen LogP contribution >= 0.6 is 34.8 Å². The molecule has 2 aromatic rings. The standard InChI is InChI=1S/C28H38Cl3N3O3S/c1-33(2)27(21-9-5-4-6-10-21)22-14-12-20(13-15-22)19-32-26(35)11-7-8-16-34(3)38(36,37)28-24(30)17-23(29)18-25(28)31/h4-6,9-10,17-18,20,22,27H,7-8,11-16,19H2,1-3H3,(H,32,35). The Kier molecular flexibility index (Phi) is 11.8. The molecule has 1 aliphatic carbocycles. The second-order valence-electron chi connectivity index (χ2n) is 10.4. The first-order chi connectivity index (χ1) is 18.0. The van der Waals surface area contributed by atoms with Gasteiger partial charge in [-0.25, -0.2) is 12.7 Å². The molecule has 1 amide bonds. The summed E-state index contributed by atoms with van der Waals surface area (Å²) in [6, 6.07) is 13.8. The van der Waals surface area contributed by atoms with Gasteiger partial charge in [0.15, 0.2) is 0 Å². The summed E-state index contributed by atoms with van der Waals surface area (Å²) in [4.78, 5) is 14.6. The number of unbranched alkanes of at least 4 members (excludes halogenated alkanes) is 1. The van der Waals surface area contributed by atoms with Crippen LogP contribution in [0.15, 0.2) is 47.4 Å². The molecule has 1 N–H and O–H groups in total. The van der Waals surface area contributed by atoms with Crippen molar-refractivity contribution < 1.29 is 13.2 Å². The van der Waals surface area contributed by atoms with Gasteiger partial charge < -0.3 is 10.2 Å². The van der Waals surface area contributed by atoms with Gasteiger partial charge >= 0.3 is 0 Å². The smallest absolute Gasteiger partial charge is 0.245 e. The van der Waals surface area contributed by atoms with Crippen molar-refractivity contribution in [3.8, 4) is 0 Å². The zero-order valence-electron chi connectivity index (χ0n) is 22.3. The zero-order valence-corrected chi connectivity index (χ0v) is 25.4. The first-order valence-corrected chi connectivity index (χ1v) is 15.7. The highest BCUT2D eigenvalue weighted by Gasteiger charge is 2.30. The maximum absolute atomic E-state index is 12.9. The van der Waals surface area contributed by atoms with Gasteiger partial charge in [0, 0.05) is 37.6 Å². The summed E-state index contributed by atoms with van der Waals surface area (Å²) in [6.45, 7) is 0.953. The summed E-state index contributed by atoms with van der Waals surface area (Å²) >= 11 is 18.1. The van der Waals surface area contributed by atoms with E-state index in [0.717, 1.165) is 25.7 Å². The van der Waals surface area contributed by atoms with E-state index in [0.29, 0.717) is 43.7 Å². The number of amides is 1. The van der Waals surface area contributed by atoms with Crippen LogP contribution < -0.4 is 5.32 Å². The highest BCUT2D eigenvalue weighted by Crippen LogP contribution is 2.39. The topological polar surface area (TPSA) is 69.7 Å². The van der Waals surface area contributed by atoms with Crippen molar-refractivity contribution in [3.05, 3.63) is 63.1 Å². The van der Waals surface area contributed by atoms with Crippen molar-refractivity contribution >= 4 is 50.7 Å². The molecule has 0 heterocycles. The van der Waals surface area contributed by atoms with Crippen LogP contribution in [0, 0.1) is 11.8 Å². The Morgan fingerprint density at radius 2 is 1.58 bits per heavy atom. The molecular formula is C28H38Cl3N3O3S. The van der Waals surface area contributed by atoms with E-state index in [2.05, 4.69) is 54.6 Å². The number of nitrogens with one attached hydrogen (secondary N) is 1. The third kappa shape index (κ3) is 8.33. The van der Waals surface area contributed by atoms with Gasteiger partial charge in [-0.15, -0.1) is 0 Å². The Bertz CT molecular complexity index is 1150. The van der Waals surface area contributed by atoms with Crippen LogP contribution in [-0.4, -0.2) is 57.8 Å². The number of carbonyl (C=O) groups is 1. The van der Waals surface area contributed by atoms with E-state index in [4.69, 9.17) is 34.8 Å². The average molecular weight is 603 g/mol. The van der Waals surface area contributed by atoms with Crippen LogP contribution in [0.5, 0.6) is 0 Å². The van der Waals surface area contributed by atoms with Gasteiger partial charge in [-0.3, -0.25) is 4.79 Å². The highest BCUT2D eigenvalue weighted by molar-refractivity contribution is 7.89. The molecule has 2 aromatic carbocycles. The van der Waals surface area contributed by atoms with Gasteiger partial charge in [0.2, 0.25) is 15.9 Å². The third-order valence-corrected chi connectivity index (χ3v) is 10.4. The fourth-order valence-electron chi connectivity index (χ4n) is 5.37. The van der Waals surface area contributed by atoms with Gasteiger partial charge in [-0.2, -0.15) is 0 Å². The maximum Gasteiger partial charge on any atom is 0.245 e. The van der Waals surface area contributed by atoms with E-state index in [-0.39, 0.29) is 32.4 Å². The lowest BCUT2D eigenvalue weighted by molar-refractivity contribution is -0.121. The summed E-state index contributed by atoms with van der Waals surface area (Å²) in [5.74, 6) is 1.13. The number of benzene rings is 2. The monoisotopic (exact) mass is 601 g/mol. The van der Waals surface area contributed by atoms with Crippen LogP contribution in [0.4, 0.5) is 0 Å². The molecule has 3 rings (SSSR count). The predicted molar refractivity (Wildman–Crippen MR) is 156 cm³/mol. The molecule has 38 heavy (non-hydrogen) atoms. The highest BCUT2D eigenvalue weighted by atomic mass is 35.5. The third-order valence-electron chi connectivity index (χ3n) is 7.38. The molecule has 1 unspecified atom stereocenters. The molecule has 1 aliphatic rings. The van der Waals surface area contributed by atoms with Crippen molar-refractivity contribution in [1.29, 1.82) is 0 Å². The first kappa shape index (κ1) is 31.2. The SMILES string of the molecule is CN(C)C(c1ccccc1)C1CCC(CNC(=O)CCCCN(C)S(=O)(=O)c2c(Cl)cc(Cl)cc2Cl)CC1. The molecule has 0 saturated heterocycles. The predicted octanol–water partition coefficient (Wildman–Crippen LogP) is 6.66. The summed E-state index contributed by atoms with van der Waals surface area (Å²) < 4.78 is 27.0. The number of hydrogen-bond donors (Lipinski definition) is 1. The van der Waals surface area contributed by atoms with Gasteiger partial charge in [0.25, 0.3) is 0 Å². The van der Waals surface area contributed by atoms with Crippen molar-refractivity contribution in [1.82, 2.24) is 14.5 Å². The molecule has 1 saturated carbocycles. The van der Waals surface area contributed by atoms with E-state index in [1.165, 1.54) is 29.0 Å². The van der Waals surface area contributed by atoms with Gasteiger partial charge in [0.05, 0.1) is 10.0 Å². The van der Waals surface area contributed by atoms with Crippen molar-refractivity contribution in [3.63, 3.8) is 0 Å². The fourth-order valence-corrected chi connectivity index (χ4v) is 8.06. The molecule has 10 heteroatoms. The summed E-state index contributed by atoms with van der Waals surface area (Å²) in [6.07, 6.45) is 6.02. The Hall–Kier alpha value is -1.35. The Labute approximate surface area is 242 Å². The molecule has 1 fully saturated rings. The van der Waals surface area contributed by atoms with E-state index in [9.17, 15) is 13.2 Å². The Balaban J connectivity index is 1.38. The fraction of sp³-hybridized carbons (Fsp3) is 0.536. The van der Waals surface area contributed by atoms with Gasteiger partial charge in [-0.1, -0.05) is 65.1 Å². The van der Waals surface area contributed by atoms with E-state index >= 15 is 0 Å². The van der Waals surface area contributed by atoms with E-state index < -0.39 is 10.0 Å². The number of nitrogens with zero attached hydrogens (tertiary/aromatic N) is 2. The Morgan fingerprint density at radius 3 is 2.16 bits per heavy atom. The number of rotatable bonds is 12. The van der Waals surface area contributed by atoms with E-state index in [1.54, 1.807) is 0 Å². The first-order valence-electron chi connectivity index (χ1n) is 13.1. The molecule has 0 aliphatic heterocycles. The van der Waals surface area contributed by atoms with Crippen LogP contribution in [0.3, 0.4) is 0 Å². The van der Waals surface area contributed by atoms with Gasteiger partial charge in [0.1, 0.15) is 4.90 Å². The lowest BCUT2D eigenvalue weighted by Crippen LogP contribution is -2.34. The van der Waals surface area contributed by atoms with Crippen molar-refractivity contribution in [2.24, 2.45) is 11.8 Å². The zero-order chi connectivity index (χ0) is 27.9. The number of sulfonamides is 1. The summed E-state index contributed by atoms with van der Waals surface area (Å²) in [5, 5.41) is 3.33. The largest absolute Gasteiger partial charge is 0.356 e. The number of halogens is 3. The average Bonchev–Trinajstić information content (AvgIpc) is 2.85.